The number of aryl methyl sites for hydroxylation is 2. The lowest BCUT2D eigenvalue weighted by atomic mass is 9.93. The van der Waals surface area contributed by atoms with Crippen LogP contribution in [0.3, 0.4) is 0 Å². The summed E-state index contributed by atoms with van der Waals surface area (Å²) in [7, 11) is 0. The standard InChI is InChI=1S/C54H74N17O26P5S6/c1-22(2)26-9-36(67-8-7-35(55)60-52(67)76)91-49(26)97-102(107,108)96-30-13-38(69-15-25(6)46(73)66-54(69)78)88-34(30)19-86-101(82,106)95-29-12-40(71-21-59-42-44(71)62-51(57)64-48(42)75)90-33(29)18-85-99(80,104)93-27-10-37(68-14-24(5)45(72)65-53(68)77)87-31(27)17-84-100(81,105)94-28-11-39(89-32(28)16-83-98(79,103)92-23(3)4)70-20-58-41-43(70)61-50(56)63-47(41)74/h7-8,14-15,20-23,26-34,36-40,49H,9-13,16-19H2,1-6H3,(H,79,103)(H,80,104)(H,81,105)(H,82,106)(H,107,108)(H2,55,60,76)(H,65,72,77)(H,66,73,78)(H3,56,61,63,74)(H3,57,62,64,75)/p-5/t26?,27?,28?,29?,30?,31-,32-,33-,34-,36-,37-,38-,39-,40-,49-,98?,99?,100?,101?/m1/s1. The fraction of sp³-hybridized carbons (Fsp3) is 0.593. The van der Waals surface area contributed by atoms with E-state index in [2.05, 4.69) is 44.9 Å². The van der Waals surface area contributed by atoms with E-state index in [9.17, 15) is 52.8 Å². The maximum absolute atomic E-state index is 14.7. The number of ether oxygens (including phenoxy) is 5. The first-order valence-corrected chi connectivity index (χ1v) is 46.5. The maximum Gasteiger partial charge on any atom is 0.351 e. The zero-order chi connectivity index (χ0) is 78.0. The summed E-state index contributed by atoms with van der Waals surface area (Å²) in [6, 6.07) is 1.43. The van der Waals surface area contributed by atoms with E-state index in [1.54, 1.807) is 13.8 Å². The Morgan fingerprint density at radius 1 is 0.537 bits per heavy atom. The van der Waals surface area contributed by atoms with Crippen molar-refractivity contribution in [2.24, 2.45) is 11.8 Å². The Balaban J connectivity index is 0.765. The molecule has 0 radical (unpaired) electrons. The van der Waals surface area contributed by atoms with Crippen molar-refractivity contribution < 1.29 is 88.2 Å². The molecule has 5 aliphatic heterocycles. The quantitative estimate of drug-likeness (QED) is 0.0228. The number of hydrogen-bond acceptors (Lipinski definition) is 40. The van der Waals surface area contributed by atoms with Gasteiger partial charge in [-0.05, 0) is 39.7 Å². The van der Waals surface area contributed by atoms with Gasteiger partial charge in [0.15, 0.2) is 35.4 Å². The van der Waals surface area contributed by atoms with E-state index in [0.29, 0.717) is 0 Å². The molecule has 0 bridgehead atoms. The Labute approximate surface area is 639 Å². The second-order valence-electron chi connectivity index (χ2n) is 25.9. The van der Waals surface area contributed by atoms with Gasteiger partial charge in [-0.25, -0.2) is 24.4 Å². The Morgan fingerprint density at radius 3 is 1.38 bits per heavy atom. The van der Waals surface area contributed by atoms with Crippen LogP contribution in [0.4, 0.5) is 17.7 Å². The average molecular weight is 1720 g/mol. The molecule has 10 N–H and O–H groups in total. The minimum absolute atomic E-state index is 0.00367. The zero-order valence-corrected chi connectivity index (χ0v) is 66.5. The van der Waals surface area contributed by atoms with Gasteiger partial charge < -0.3 is 125 Å². The molecule has 7 aromatic rings. The Bertz CT molecular complexity index is 5260. The molecule has 0 amide bonds. The van der Waals surface area contributed by atoms with E-state index >= 15 is 0 Å². The van der Waals surface area contributed by atoms with Crippen molar-refractivity contribution in [2.45, 2.75) is 166 Å². The molecule has 592 valence electrons. The van der Waals surface area contributed by atoms with Crippen molar-refractivity contribution >= 4 is 144 Å². The molecule has 0 aliphatic carbocycles. The number of aromatic amines is 4. The molecule has 12 heterocycles. The molecule has 0 spiro atoms. The third-order valence-corrected chi connectivity index (χ3v) is 26.0. The van der Waals surface area contributed by atoms with Crippen LogP contribution in [0.25, 0.3) is 22.3 Å². The summed E-state index contributed by atoms with van der Waals surface area (Å²) < 4.78 is 111. The van der Waals surface area contributed by atoms with Gasteiger partial charge in [0.2, 0.25) is 11.9 Å². The van der Waals surface area contributed by atoms with Crippen LogP contribution < -0.4 is 71.2 Å². The van der Waals surface area contributed by atoms with Gasteiger partial charge in [0.05, 0.1) is 75.3 Å². The van der Waals surface area contributed by atoms with Crippen molar-refractivity contribution in [1.29, 1.82) is 0 Å². The van der Waals surface area contributed by atoms with Gasteiger partial charge >= 0.3 is 17.1 Å². The largest absolute Gasteiger partial charge is 0.780 e. The van der Waals surface area contributed by atoms with Crippen LogP contribution in [-0.2, 0) is 145 Å². The summed E-state index contributed by atoms with van der Waals surface area (Å²) in [4.78, 5) is 162. The van der Waals surface area contributed by atoms with E-state index in [0.717, 1.165) is 9.13 Å². The highest BCUT2D eigenvalue weighted by Gasteiger charge is 2.47. The van der Waals surface area contributed by atoms with Gasteiger partial charge in [0.1, 0.15) is 81.5 Å². The molecular formula is C54H69N17O26P5S6-5. The second kappa shape index (κ2) is 32.9. The van der Waals surface area contributed by atoms with Gasteiger partial charge in [-0.1, -0.05) is 61.1 Å². The topological polar surface area (TPSA) is 575 Å². The molecule has 7 aromatic heterocycles. The average Bonchev–Trinajstić information content (AvgIpc) is 1.64. The van der Waals surface area contributed by atoms with E-state index in [1.165, 1.54) is 64.9 Å². The lowest BCUT2D eigenvalue weighted by Gasteiger charge is -2.37. The van der Waals surface area contributed by atoms with Crippen molar-refractivity contribution in [3.63, 3.8) is 0 Å². The number of hydrogen-bond donors (Lipinski definition) is 7. The number of anilines is 3. The van der Waals surface area contributed by atoms with E-state index < -0.39 is 203 Å². The van der Waals surface area contributed by atoms with Gasteiger partial charge in [0, 0.05) is 67.7 Å². The smallest absolute Gasteiger partial charge is 0.351 e. The van der Waals surface area contributed by atoms with Crippen LogP contribution in [0.1, 0.15) is 102 Å². The molecule has 0 saturated carbocycles. The Morgan fingerprint density at radius 2 is 0.944 bits per heavy atom. The molecule has 10 unspecified atom stereocenters. The van der Waals surface area contributed by atoms with Crippen LogP contribution in [0.2, 0.25) is 0 Å². The molecule has 5 fully saturated rings. The van der Waals surface area contributed by atoms with Crippen molar-refractivity contribution in [1.82, 2.24) is 67.7 Å². The van der Waals surface area contributed by atoms with Crippen molar-refractivity contribution in [3.05, 3.63) is 121 Å². The van der Waals surface area contributed by atoms with Crippen LogP contribution in [0.5, 0.6) is 0 Å². The Kier molecular flexibility index (Phi) is 25.2. The minimum Gasteiger partial charge on any atom is -0.780 e. The number of rotatable bonds is 30. The monoisotopic (exact) mass is 1720 g/mol. The van der Waals surface area contributed by atoms with E-state index in [4.69, 9.17) is 158 Å². The predicted octanol–water partition coefficient (Wildman–Crippen LogP) is -0.130. The number of nitrogens with zero attached hydrogens (tertiary/aromatic N) is 10. The predicted molar refractivity (Wildman–Crippen MR) is 391 cm³/mol. The van der Waals surface area contributed by atoms with E-state index in [1.807, 2.05) is 13.8 Å². The summed E-state index contributed by atoms with van der Waals surface area (Å²) in [6.07, 6.45) is -13.3. The van der Waals surface area contributed by atoms with Crippen molar-refractivity contribution in [3.8, 4) is 0 Å². The highest BCUT2D eigenvalue weighted by Crippen LogP contribution is 2.57. The summed E-state index contributed by atoms with van der Waals surface area (Å²) in [6.45, 7) is -11.9. The minimum atomic E-state index is -4.92. The Hall–Kier alpha value is -4.85. The zero-order valence-electron chi connectivity index (χ0n) is 57.1. The van der Waals surface area contributed by atoms with Crippen LogP contribution >= 0.6 is 32.6 Å². The maximum atomic E-state index is 14.7. The van der Waals surface area contributed by atoms with Crippen molar-refractivity contribution in [2.75, 3.05) is 43.6 Å². The van der Waals surface area contributed by atoms with Gasteiger partial charge in [-0.15, -0.1) is 0 Å². The first-order valence-electron chi connectivity index (χ1n) is 32.6. The lowest BCUT2D eigenvalue weighted by Crippen LogP contribution is -2.34. The second-order valence-corrected chi connectivity index (χ2v) is 41.6. The molecule has 20 atom stereocenters. The number of nitrogens with two attached hydrogens (primary N) is 3. The normalized spacial score (nSPS) is 28.9. The van der Waals surface area contributed by atoms with Gasteiger partial charge in [-0.2, -0.15) is 15.0 Å². The molecule has 5 saturated heterocycles. The summed E-state index contributed by atoms with van der Waals surface area (Å²) in [5.74, 6) is -1.07. The molecule has 0 aromatic carbocycles. The van der Waals surface area contributed by atoms with Crippen LogP contribution in [0.15, 0.2) is 70.9 Å². The van der Waals surface area contributed by atoms with Gasteiger partial charge in [-0.3, -0.25) is 66.5 Å². The van der Waals surface area contributed by atoms with Crippen LogP contribution in [-0.4, -0.2) is 155 Å². The fourth-order valence-corrected chi connectivity index (χ4v) is 20.7. The number of imidazole rings is 2. The molecular weight excluding hydrogens is 1650 g/mol. The molecule has 108 heavy (non-hydrogen) atoms. The summed E-state index contributed by atoms with van der Waals surface area (Å²) in [5, 5.41) is 0. The molecule has 43 nitrogen and oxygen atoms in total. The first kappa shape index (κ1) is 82.6. The highest BCUT2D eigenvalue weighted by atomic mass is 32.9. The number of aromatic nitrogens is 14. The molecule has 12 rings (SSSR count). The van der Waals surface area contributed by atoms with Gasteiger partial charge in [0.25, 0.3) is 22.2 Å². The molecule has 5 aliphatic rings. The third kappa shape index (κ3) is 19.5. The summed E-state index contributed by atoms with van der Waals surface area (Å²) in [5.41, 5.74) is 8.13. The number of nitrogens with one attached hydrogen (secondary N) is 4. The lowest BCUT2D eigenvalue weighted by molar-refractivity contribution is -0.220. The third-order valence-electron chi connectivity index (χ3n) is 17.5. The first-order chi connectivity index (χ1) is 50.7. The SMILES string of the molecule is Cc1cn([C@H]2CC(OP([O-])(=S)OC[C@H]3O[C@@H](n4cnc5c(=O)[nH]c(N)nc54)CC3OP(=O)([S-])OC[C@H]3O[C@@H](n4cc(C)c(=O)[nH]c4=O)CC3OP(=S)([S-])O[C@H]3O[C@@H](n4ccc(N)nc4=O)CC3C(C)C)[C@@H](COP([O-])(=S)OC3C[C@H](n4cnc5c(=O)[nH]c(N)nc54)O[C@@H]3COP([O-])(=S)OC(C)C)O2)c(=O)[nH]c1=O. The highest BCUT2D eigenvalue weighted by molar-refractivity contribution is 8.51. The van der Waals surface area contributed by atoms with E-state index in [-0.39, 0.29) is 82.8 Å². The fourth-order valence-electron chi connectivity index (χ4n) is 12.5. The summed E-state index contributed by atoms with van der Waals surface area (Å²) >= 11 is 33.2. The van der Waals surface area contributed by atoms with Crippen LogP contribution in [0, 0.1) is 25.7 Å². The number of fused-ring (bicyclic) bond motifs is 2. The molecule has 54 heteroatoms. The number of nitrogen functional groups attached to an aromatic ring is 3. The number of H-pyrrole nitrogens is 4.